The van der Waals surface area contributed by atoms with Gasteiger partial charge in [0, 0.05) is 11.1 Å². The fraction of sp³-hybridized carbons (Fsp3) is 0.200. The number of benzene rings is 3. The fourth-order valence-electron chi connectivity index (χ4n) is 4.03. The Morgan fingerprint density at radius 2 is 1.21 bits per heavy atom. The van der Waals surface area contributed by atoms with Crippen LogP contribution in [0.15, 0.2) is 96.6 Å². The van der Waals surface area contributed by atoms with Gasteiger partial charge in [-0.2, -0.15) is 17.6 Å². The molecule has 1 aliphatic rings. The van der Waals surface area contributed by atoms with Crippen LogP contribution in [0.5, 0.6) is 0 Å². The lowest BCUT2D eigenvalue weighted by Crippen LogP contribution is -2.44. The van der Waals surface area contributed by atoms with Crippen molar-refractivity contribution in [2.75, 3.05) is 0 Å². The van der Waals surface area contributed by atoms with Gasteiger partial charge in [0.05, 0.1) is 0 Å². The van der Waals surface area contributed by atoms with Gasteiger partial charge in [-0.15, -0.1) is 0 Å². The molecule has 1 aliphatic carbocycles. The van der Waals surface area contributed by atoms with Crippen LogP contribution in [-0.2, 0) is 6.42 Å². The van der Waals surface area contributed by atoms with Crippen molar-refractivity contribution in [1.29, 1.82) is 0 Å². The summed E-state index contributed by atoms with van der Waals surface area (Å²) in [5.74, 6) is -8.64. The fourth-order valence-corrected chi connectivity index (χ4v) is 4.03. The maximum absolute atomic E-state index is 14.9. The molecule has 34 heavy (non-hydrogen) atoms. The summed E-state index contributed by atoms with van der Waals surface area (Å²) in [5, 5.41) is 0. The molecule has 0 N–H and O–H groups in total. The molecule has 0 atom stereocenters. The van der Waals surface area contributed by atoms with Gasteiger partial charge >= 0.3 is 11.8 Å². The van der Waals surface area contributed by atoms with Gasteiger partial charge < -0.3 is 0 Å². The molecule has 4 rings (SSSR count). The van der Waals surface area contributed by atoms with Gasteiger partial charge in [-0.3, -0.25) is 0 Å². The van der Waals surface area contributed by atoms with Crippen molar-refractivity contribution >= 4 is 11.6 Å². The molecule has 174 valence electrons. The van der Waals surface area contributed by atoms with Gasteiger partial charge in [0.1, 0.15) is 0 Å². The molecule has 4 heteroatoms. The van der Waals surface area contributed by atoms with Crippen LogP contribution in [0.4, 0.5) is 17.6 Å². The summed E-state index contributed by atoms with van der Waals surface area (Å²) < 4.78 is 59.7. The summed E-state index contributed by atoms with van der Waals surface area (Å²) in [6, 6.07) is 21.8. The lowest BCUT2D eigenvalue weighted by Gasteiger charge is -2.32. The third-order valence-electron chi connectivity index (χ3n) is 6.08. The van der Waals surface area contributed by atoms with E-state index in [4.69, 9.17) is 0 Å². The molecule has 0 aliphatic heterocycles. The first-order chi connectivity index (χ1) is 16.2. The third-order valence-corrected chi connectivity index (χ3v) is 6.08. The van der Waals surface area contributed by atoms with Crippen molar-refractivity contribution in [2.24, 2.45) is 0 Å². The van der Waals surface area contributed by atoms with Crippen LogP contribution in [0, 0.1) is 6.92 Å². The van der Waals surface area contributed by atoms with Crippen molar-refractivity contribution < 1.29 is 17.6 Å². The van der Waals surface area contributed by atoms with Crippen LogP contribution in [0.1, 0.15) is 35.6 Å². The van der Waals surface area contributed by atoms with E-state index in [1.165, 1.54) is 18.2 Å². The molecule has 0 heterocycles. The van der Waals surface area contributed by atoms with Gasteiger partial charge in [0.25, 0.3) is 0 Å². The quantitative estimate of drug-likeness (QED) is 0.321. The normalized spacial score (nSPS) is 16.9. The predicted octanol–water partition coefficient (Wildman–Crippen LogP) is 8.92. The highest BCUT2D eigenvalue weighted by Gasteiger charge is 2.61. The summed E-state index contributed by atoms with van der Waals surface area (Å²) in [4.78, 5) is 0. The Balaban J connectivity index is 1.58. The average Bonchev–Trinajstić information content (AvgIpc) is 2.82. The lowest BCUT2D eigenvalue weighted by molar-refractivity contribution is -0.146. The number of hydrogen-bond donors (Lipinski definition) is 0. The minimum Gasteiger partial charge on any atom is -0.194 e. The van der Waals surface area contributed by atoms with Crippen LogP contribution in [0.3, 0.4) is 0 Å². The molecule has 3 aromatic rings. The molecule has 0 nitrogen and oxygen atoms in total. The van der Waals surface area contributed by atoms with Gasteiger partial charge in [-0.1, -0.05) is 116 Å². The molecule has 0 saturated carbocycles. The van der Waals surface area contributed by atoms with E-state index < -0.39 is 23.0 Å². The molecule has 0 aromatic heterocycles. The van der Waals surface area contributed by atoms with Crippen molar-refractivity contribution in [3.8, 4) is 11.1 Å². The largest absolute Gasteiger partial charge is 0.340 e. The van der Waals surface area contributed by atoms with Crippen LogP contribution in [-0.4, -0.2) is 11.8 Å². The Bertz CT molecular complexity index is 1230. The van der Waals surface area contributed by atoms with E-state index in [9.17, 15) is 17.6 Å². The standard InChI is InChI=1S/C30H26F4/c1-3-4-22-9-16-26(17-10-22)28-20-19-27(29(31,32)30(28,33)34)18-11-23-7-14-25(15-8-23)24-12-5-21(2)6-13-24/h5-20H,3-4H2,1-2H3/b18-11+. The first-order valence-electron chi connectivity index (χ1n) is 11.4. The van der Waals surface area contributed by atoms with Gasteiger partial charge in [-0.25, -0.2) is 0 Å². The number of allylic oxidation sites excluding steroid dienone is 5. The molecular weight excluding hydrogens is 436 g/mol. The topological polar surface area (TPSA) is 0 Å². The van der Waals surface area contributed by atoms with Gasteiger partial charge in [0.2, 0.25) is 0 Å². The van der Waals surface area contributed by atoms with E-state index >= 15 is 0 Å². The second kappa shape index (κ2) is 9.46. The maximum atomic E-state index is 14.9. The van der Waals surface area contributed by atoms with E-state index in [-0.39, 0.29) is 5.56 Å². The highest BCUT2D eigenvalue weighted by atomic mass is 19.3. The summed E-state index contributed by atoms with van der Waals surface area (Å²) in [7, 11) is 0. The molecule has 0 radical (unpaired) electrons. The number of hydrogen-bond acceptors (Lipinski definition) is 0. The Kier molecular flexibility index (Phi) is 6.60. The van der Waals surface area contributed by atoms with Crippen LogP contribution >= 0.6 is 0 Å². The summed E-state index contributed by atoms with van der Waals surface area (Å²) in [6.45, 7) is 4.03. The maximum Gasteiger partial charge on any atom is 0.340 e. The van der Waals surface area contributed by atoms with Crippen molar-refractivity contribution in [1.82, 2.24) is 0 Å². The molecule has 3 aromatic carbocycles. The molecule has 0 amide bonds. The summed E-state index contributed by atoms with van der Waals surface area (Å²) >= 11 is 0. The van der Waals surface area contributed by atoms with E-state index in [1.54, 1.807) is 24.3 Å². The monoisotopic (exact) mass is 462 g/mol. The number of rotatable bonds is 6. The zero-order valence-corrected chi connectivity index (χ0v) is 19.2. The SMILES string of the molecule is CCCc1ccc(C2=CC=C(/C=C/c3ccc(-c4ccc(C)cc4)cc3)C(F)(F)C2(F)F)cc1. The first-order valence-corrected chi connectivity index (χ1v) is 11.4. The number of halogens is 4. The average molecular weight is 463 g/mol. The van der Waals surface area contributed by atoms with Gasteiger partial charge in [-0.05, 0) is 41.2 Å². The lowest BCUT2D eigenvalue weighted by atomic mass is 9.86. The summed E-state index contributed by atoms with van der Waals surface area (Å²) in [5.41, 5.74) is 3.56. The number of aryl methyl sites for hydroxylation is 2. The first kappa shape index (κ1) is 23.7. The Hall–Kier alpha value is -3.40. The van der Waals surface area contributed by atoms with Crippen molar-refractivity contribution in [2.45, 2.75) is 38.5 Å². The molecule has 0 saturated heterocycles. The minimum atomic E-state index is -4.32. The zero-order chi connectivity index (χ0) is 24.3. The van der Waals surface area contributed by atoms with E-state index in [0.717, 1.165) is 53.3 Å². The van der Waals surface area contributed by atoms with Crippen LogP contribution < -0.4 is 0 Å². The molecular formula is C30H26F4. The molecule has 0 fully saturated rings. The third kappa shape index (κ3) is 4.63. The predicted molar refractivity (Wildman–Crippen MR) is 132 cm³/mol. The zero-order valence-electron chi connectivity index (χ0n) is 19.2. The minimum absolute atomic E-state index is 0.107. The Morgan fingerprint density at radius 3 is 1.79 bits per heavy atom. The van der Waals surface area contributed by atoms with Crippen LogP contribution in [0.2, 0.25) is 0 Å². The van der Waals surface area contributed by atoms with E-state index in [0.29, 0.717) is 5.56 Å². The second-order valence-electron chi connectivity index (χ2n) is 8.62. The van der Waals surface area contributed by atoms with Gasteiger partial charge in [0.15, 0.2) is 0 Å². The number of alkyl halides is 4. The molecule has 0 unspecified atom stereocenters. The molecule has 0 bridgehead atoms. The highest BCUT2D eigenvalue weighted by Crippen LogP contribution is 2.51. The van der Waals surface area contributed by atoms with Crippen molar-refractivity contribution in [3.05, 3.63) is 119 Å². The van der Waals surface area contributed by atoms with Crippen LogP contribution in [0.25, 0.3) is 22.8 Å². The van der Waals surface area contributed by atoms with E-state index in [1.807, 2.05) is 50.2 Å². The smallest absolute Gasteiger partial charge is 0.194 e. The van der Waals surface area contributed by atoms with Crippen molar-refractivity contribution in [3.63, 3.8) is 0 Å². The van der Waals surface area contributed by atoms with E-state index in [2.05, 4.69) is 0 Å². The highest BCUT2D eigenvalue weighted by molar-refractivity contribution is 5.77. The summed E-state index contributed by atoms with van der Waals surface area (Å²) in [6.07, 6.45) is 6.44. The second-order valence-corrected chi connectivity index (χ2v) is 8.62. The molecule has 0 spiro atoms. The Labute approximate surface area is 198 Å². The Morgan fingerprint density at radius 1 is 0.647 bits per heavy atom.